The average Bonchev–Trinajstić information content (AvgIpc) is 2.99. The molecule has 1 aliphatic rings. The molecule has 0 fully saturated rings. The number of halogens is 1. The van der Waals surface area contributed by atoms with Gasteiger partial charge in [-0.15, -0.1) is 0 Å². The number of aromatic nitrogens is 1. The second kappa shape index (κ2) is 7.15. The lowest BCUT2D eigenvalue weighted by atomic mass is 10.2. The third-order valence-electron chi connectivity index (χ3n) is 3.93. The summed E-state index contributed by atoms with van der Waals surface area (Å²) in [4.78, 5) is 14.6. The van der Waals surface area contributed by atoms with E-state index in [1.807, 2.05) is 53.4 Å². The van der Waals surface area contributed by atoms with Crippen LogP contribution in [0.4, 0.5) is 16.2 Å². The molecule has 0 atom stereocenters. The Morgan fingerprint density at radius 2 is 1.83 bits per heavy atom. The number of carbonyl (C=O) groups is 1. The molecule has 1 N–H and O–H groups in total. The predicted molar refractivity (Wildman–Crippen MR) is 92.4 cm³/mol. The highest BCUT2D eigenvalue weighted by Crippen LogP contribution is 2.26. The molecule has 0 unspecified atom stereocenters. The van der Waals surface area contributed by atoms with E-state index in [0.29, 0.717) is 6.54 Å². The van der Waals surface area contributed by atoms with Gasteiger partial charge in [0.05, 0.1) is 11.8 Å². The summed E-state index contributed by atoms with van der Waals surface area (Å²) in [5.74, 6) is 0. The maximum absolute atomic E-state index is 12.8. The number of benzene rings is 2. The van der Waals surface area contributed by atoms with Crippen molar-refractivity contribution in [3.8, 4) is 5.69 Å². The number of thiazole rings is 1. The molecule has 2 heterocycles. The SMILES string of the molecule is O=C(Nc1ccccc1)N1CCc2scc[n+]2-c2ccccc21.[Br-]. The highest BCUT2D eigenvalue weighted by molar-refractivity contribution is 7.09. The quantitative estimate of drug-likeness (QED) is 0.596. The van der Waals surface area contributed by atoms with Crippen molar-refractivity contribution in [3.05, 3.63) is 71.2 Å². The zero-order valence-corrected chi connectivity index (χ0v) is 15.3. The van der Waals surface area contributed by atoms with Crippen molar-refractivity contribution in [1.82, 2.24) is 0 Å². The Morgan fingerprint density at radius 3 is 2.67 bits per heavy atom. The van der Waals surface area contributed by atoms with Gasteiger partial charge in [0.1, 0.15) is 5.69 Å². The van der Waals surface area contributed by atoms with E-state index >= 15 is 0 Å². The number of hydrogen-bond acceptors (Lipinski definition) is 2. The Balaban J connectivity index is 0.00000169. The van der Waals surface area contributed by atoms with Gasteiger partial charge in [-0.3, -0.25) is 4.90 Å². The van der Waals surface area contributed by atoms with Crippen molar-refractivity contribution in [2.24, 2.45) is 0 Å². The third kappa shape index (κ3) is 3.07. The number of nitrogens with zero attached hydrogens (tertiary/aromatic N) is 2. The fraction of sp³-hybridized carbons (Fsp3) is 0.111. The summed E-state index contributed by atoms with van der Waals surface area (Å²) >= 11 is 1.72. The first-order chi connectivity index (χ1) is 11.3. The van der Waals surface area contributed by atoms with E-state index in [-0.39, 0.29) is 23.0 Å². The number of anilines is 2. The molecule has 122 valence electrons. The molecule has 1 aliphatic heterocycles. The number of para-hydroxylation sites is 3. The van der Waals surface area contributed by atoms with Gasteiger partial charge >= 0.3 is 6.03 Å². The van der Waals surface area contributed by atoms with Gasteiger partial charge in [0.15, 0.2) is 6.20 Å². The number of fused-ring (bicyclic) bond motifs is 3. The van der Waals surface area contributed by atoms with E-state index in [9.17, 15) is 4.79 Å². The standard InChI is InChI=1S/C18H15N3OS.BrH/c22-18(19-14-6-2-1-3-7-14)21-11-10-17-20(12-13-23-17)15-8-4-5-9-16(15)21;/h1-9,12-13H,10-11H2;1H. The van der Waals surface area contributed by atoms with E-state index in [1.165, 1.54) is 5.01 Å². The van der Waals surface area contributed by atoms with Gasteiger partial charge < -0.3 is 22.3 Å². The van der Waals surface area contributed by atoms with Gasteiger partial charge in [0, 0.05) is 18.3 Å². The number of nitrogens with one attached hydrogen (secondary N) is 1. The molecule has 2 amide bonds. The van der Waals surface area contributed by atoms with Crippen molar-refractivity contribution >= 4 is 28.7 Å². The molecule has 0 aliphatic carbocycles. The Labute approximate surface area is 155 Å². The van der Waals surface area contributed by atoms with Crippen molar-refractivity contribution in [3.63, 3.8) is 0 Å². The first kappa shape index (κ1) is 16.7. The van der Waals surface area contributed by atoms with Crippen LogP contribution < -0.4 is 31.8 Å². The number of hydrogen-bond donors (Lipinski definition) is 1. The normalized spacial score (nSPS) is 12.4. The molecule has 0 spiro atoms. The van der Waals surface area contributed by atoms with Gasteiger partial charge in [-0.05, 0) is 18.2 Å². The van der Waals surface area contributed by atoms with Crippen LogP contribution in [0.2, 0.25) is 0 Å². The minimum absolute atomic E-state index is 0. The highest BCUT2D eigenvalue weighted by Gasteiger charge is 2.30. The van der Waals surface area contributed by atoms with Crippen LogP contribution in [0, 0.1) is 0 Å². The number of rotatable bonds is 1. The Kier molecular flexibility index (Phi) is 4.97. The number of carbonyl (C=O) groups excluding carboxylic acids is 1. The minimum atomic E-state index is -0.0978. The van der Waals surface area contributed by atoms with Gasteiger partial charge in [-0.25, -0.2) is 4.79 Å². The lowest BCUT2D eigenvalue weighted by Gasteiger charge is -2.21. The first-order valence-electron chi connectivity index (χ1n) is 7.54. The lowest BCUT2D eigenvalue weighted by molar-refractivity contribution is -0.596. The van der Waals surface area contributed by atoms with E-state index in [1.54, 1.807) is 11.3 Å². The van der Waals surface area contributed by atoms with Crippen LogP contribution in [0.1, 0.15) is 5.01 Å². The second-order valence-electron chi connectivity index (χ2n) is 5.35. The van der Waals surface area contributed by atoms with Gasteiger partial charge in [-0.2, -0.15) is 4.57 Å². The maximum Gasteiger partial charge on any atom is 0.326 e. The van der Waals surface area contributed by atoms with E-state index in [0.717, 1.165) is 23.5 Å². The maximum atomic E-state index is 12.8. The summed E-state index contributed by atoms with van der Waals surface area (Å²) in [6.07, 6.45) is 2.91. The molecule has 2 aromatic carbocycles. The molecular formula is C18H16BrN3OS. The molecule has 0 bridgehead atoms. The molecule has 1 aromatic heterocycles. The Morgan fingerprint density at radius 1 is 1.08 bits per heavy atom. The van der Waals surface area contributed by atoms with Crippen LogP contribution >= 0.6 is 11.3 Å². The van der Waals surface area contributed by atoms with Crippen LogP contribution in [-0.4, -0.2) is 12.6 Å². The molecule has 24 heavy (non-hydrogen) atoms. The molecule has 6 heteroatoms. The van der Waals surface area contributed by atoms with Crippen LogP contribution in [0.15, 0.2) is 66.2 Å². The fourth-order valence-electron chi connectivity index (χ4n) is 2.85. The summed E-state index contributed by atoms with van der Waals surface area (Å²) in [5.41, 5.74) is 2.79. The van der Waals surface area contributed by atoms with Crippen molar-refractivity contribution in [1.29, 1.82) is 0 Å². The Hall–Kier alpha value is -2.18. The first-order valence-corrected chi connectivity index (χ1v) is 8.42. The van der Waals surface area contributed by atoms with Gasteiger partial charge in [0.2, 0.25) is 10.7 Å². The molecule has 4 rings (SSSR count). The van der Waals surface area contributed by atoms with Crippen molar-refractivity contribution in [2.75, 3.05) is 16.8 Å². The topological polar surface area (TPSA) is 36.2 Å². The van der Waals surface area contributed by atoms with Crippen LogP contribution in [-0.2, 0) is 6.42 Å². The fourth-order valence-corrected chi connectivity index (χ4v) is 3.67. The Bertz CT molecular complexity index is 850. The van der Waals surface area contributed by atoms with Crippen molar-refractivity contribution in [2.45, 2.75) is 6.42 Å². The highest BCUT2D eigenvalue weighted by atomic mass is 79.9. The average molecular weight is 402 g/mol. The smallest absolute Gasteiger partial charge is 0.326 e. The largest absolute Gasteiger partial charge is 1.00 e. The van der Waals surface area contributed by atoms with Crippen LogP contribution in [0.25, 0.3) is 5.69 Å². The summed E-state index contributed by atoms with van der Waals surface area (Å²) in [6.45, 7) is 0.663. The molecular weight excluding hydrogens is 386 g/mol. The molecule has 0 radical (unpaired) electrons. The second-order valence-corrected chi connectivity index (χ2v) is 6.33. The summed E-state index contributed by atoms with van der Waals surface area (Å²) in [5, 5.41) is 6.33. The predicted octanol–water partition coefficient (Wildman–Crippen LogP) is 0.623. The van der Waals surface area contributed by atoms with Crippen molar-refractivity contribution < 1.29 is 26.3 Å². The molecule has 4 nitrogen and oxygen atoms in total. The van der Waals surface area contributed by atoms with E-state index in [4.69, 9.17) is 0 Å². The molecule has 0 saturated heterocycles. The van der Waals surface area contributed by atoms with E-state index < -0.39 is 0 Å². The number of urea groups is 1. The van der Waals surface area contributed by atoms with Crippen LogP contribution in [0.5, 0.6) is 0 Å². The number of amides is 2. The van der Waals surface area contributed by atoms with Gasteiger partial charge in [-0.1, -0.05) is 41.7 Å². The zero-order chi connectivity index (χ0) is 15.6. The summed E-state index contributed by atoms with van der Waals surface area (Å²) < 4.78 is 2.18. The minimum Gasteiger partial charge on any atom is -1.00 e. The monoisotopic (exact) mass is 401 g/mol. The zero-order valence-electron chi connectivity index (χ0n) is 12.9. The summed E-state index contributed by atoms with van der Waals surface area (Å²) in [6, 6.07) is 17.5. The molecule has 3 aromatic rings. The lowest BCUT2D eigenvalue weighted by Crippen LogP contribution is -3.00. The van der Waals surface area contributed by atoms with Crippen LogP contribution in [0.3, 0.4) is 0 Å². The van der Waals surface area contributed by atoms with Gasteiger partial charge in [0.25, 0.3) is 0 Å². The summed E-state index contributed by atoms with van der Waals surface area (Å²) in [7, 11) is 0. The molecule has 0 saturated carbocycles. The third-order valence-corrected chi connectivity index (χ3v) is 4.86. The van der Waals surface area contributed by atoms with E-state index in [2.05, 4.69) is 27.5 Å².